The van der Waals surface area contributed by atoms with Crippen molar-refractivity contribution in [2.45, 2.75) is 0 Å². The molecular formula is C10H13NO2. The summed E-state index contributed by atoms with van der Waals surface area (Å²) in [6, 6.07) is 9.96. The fourth-order valence-electron chi connectivity index (χ4n) is 1.05. The molecule has 0 saturated carbocycles. The molecule has 0 aliphatic carbocycles. The molecule has 13 heavy (non-hydrogen) atoms. The lowest BCUT2D eigenvalue weighted by Gasteiger charge is -2.17. The minimum Gasteiger partial charge on any atom is -0.466 e. The molecule has 3 heteroatoms. The molecule has 0 saturated heterocycles. The smallest absolute Gasteiger partial charge is 0.293 e. The van der Waals surface area contributed by atoms with E-state index in [-0.39, 0.29) is 0 Å². The van der Waals surface area contributed by atoms with Gasteiger partial charge in [0.25, 0.3) is 6.47 Å². The number of hydrogen-bond acceptors (Lipinski definition) is 3. The molecule has 0 amide bonds. The zero-order valence-corrected chi connectivity index (χ0v) is 7.64. The summed E-state index contributed by atoms with van der Waals surface area (Å²) in [5.41, 5.74) is 1.12. The van der Waals surface area contributed by atoms with Gasteiger partial charge >= 0.3 is 0 Å². The first-order chi connectivity index (χ1) is 6.34. The summed E-state index contributed by atoms with van der Waals surface area (Å²) in [6.07, 6.45) is 0. The minimum absolute atomic E-state index is 0.425. The van der Waals surface area contributed by atoms with Gasteiger partial charge in [-0.25, -0.2) is 0 Å². The lowest BCUT2D eigenvalue weighted by atomic mass is 10.3. The highest BCUT2D eigenvalue weighted by molar-refractivity contribution is 5.45. The van der Waals surface area contributed by atoms with Crippen molar-refractivity contribution in [1.82, 2.24) is 0 Å². The van der Waals surface area contributed by atoms with E-state index in [1.165, 1.54) is 0 Å². The van der Waals surface area contributed by atoms with Gasteiger partial charge in [-0.15, -0.1) is 0 Å². The maximum Gasteiger partial charge on any atom is 0.293 e. The quantitative estimate of drug-likeness (QED) is 0.504. The number of rotatable bonds is 5. The van der Waals surface area contributed by atoms with Crippen LogP contribution >= 0.6 is 0 Å². The Hall–Kier alpha value is -1.51. The van der Waals surface area contributed by atoms with Crippen molar-refractivity contribution in [2.24, 2.45) is 0 Å². The molecule has 70 valence electrons. The summed E-state index contributed by atoms with van der Waals surface area (Å²) >= 11 is 0. The molecule has 0 heterocycles. The van der Waals surface area contributed by atoms with E-state index >= 15 is 0 Å². The monoisotopic (exact) mass is 179 g/mol. The van der Waals surface area contributed by atoms with Gasteiger partial charge in [0, 0.05) is 12.7 Å². The van der Waals surface area contributed by atoms with Gasteiger partial charge < -0.3 is 9.64 Å². The Morgan fingerprint density at radius 1 is 1.38 bits per heavy atom. The average molecular weight is 179 g/mol. The summed E-state index contributed by atoms with van der Waals surface area (Å²) in [6.45, 7) is 1.61. The predicted molar refractivity (Wildman–Crippen MR) is 51.7 cm³/mol. The Kier molecular flexibility index (Phi) is 3.82. The van der Waals surface area contributed by atoms with Crippen molar-refractivity contribution < 1.29 is 9.53 Å². The molecule has 1 rings (SSSR count). The zero-order valence-electron chi connectivity index (χ0n) is 7.64. The van der Waals surface area contributed by atoms with Crippen molar-refractivity contribution in [2.75, 3.05) is 25.1 Å². The van der Waals surface area contributed by atoms with Crippen molar-refractivity contribution >= 4 is 12.2 Å². The third-order valence-electron chi connectivity index (χ3n) is 1.81. The van der Waals surface area contributed by atoms with E-state index in [1.807, 2.05) is 42.3 Å². The van der Waals surface area contributed by atoms with Gasteiger partial charge in [0.1, 0.15) is 6.61 Å². The summed E-state index contributed by atoms with van der Waals surface area (Å²) in [4.78, 5) is 11.9. The lowest BCUT2D eigenvalue weighted by molar-refractivity contribution is -0.128. The average Bonchev–Trinajstić information content (AvgIpc) is 2.19. The molecule has 0 aliphatic heterocycles. The van der Waals surface area contributed by atoms with E-state index in [2.05, 4.69) is 4.74 Å². The van der Waals surface area contributed by atoms with Crippen LogP contribution in [-0.2, 0) is 9.53 Å². The molecule has 0 fully saturated rings. The first kappa shape index (κ1) is 9.58. The topological polar surface area (TPSA) is 29.5 Å². The second-order valence-electron chi connectivity index (χ2n) is 2.72. The largest absolute Gasteiger partial charge is 0.466 e. The van der Waals surface area contributed by atoms with E-state index in [4.69, 9.17) is 0 Å². The van der Waals surface area contributed by atoms with Crippen LogP contribution in [0.2, 0.25) is 0 Å². The van der Waals surface area contributed by atoms with Crippen molar-refractivity contribution in [3.8, 4) is 0 Å². The predicted octanol–water partition coefficient (Wildman–Crippen LogP) is 1.30. The fourth-order valence-corrected chi connectivity index (χ4v) is 1.05. The second-order valence-corrected chi connectivity index (χ2v) is 2.72. The first-order valence-corrected chi connectivity index (χ1v) is 4.16. The molecule has 0 atom stereocenters. The van der Waals surface area contributed by atoms with Crippen molar-refractivity contribution in [1.29, 1.82) is 0 Å². The van der Waals surface area contributed by atoms with Gasteiger partial charge in [0.2, 0.25) is 0 Å². The van der Waals surface area contributed by atoms with Gasteiger partial charge in [-0.1, -0.05) is 18.2 Å². The molecule has 0 aliphatic rings. The van der Waals surface area contributed by atoms with Crippen molar-refractivity contribution in [3.05, 3.63) is 30.3 Å². The zero-order chi connectivity index (χ0) is 9.52. The van der Waals surface area contributed by atoms with Crippen LogP contribution in [0, 0.1) is 0 Å². The third-order valence-corrected chi connectivity index (χ3v) is 1.81. The van der Waals surface area contributed by atoms with Gasteiger partial charge in [0.15, 0.2) is 0 Å². The number of likely N-dealkylation sites (N-methyl/N-ethyl adjacent to an activating group) is 1. The standard InChI is InChI=1S/C10H13NO2/c1-11(7-8-13-9-12)10-5-3-2-4-6-10/h2-6,9H,7-8H2,1H3. The molecule has 0 bridgehead atoms. The number of carbonyl (C=O) groups is 1. The molecule has 0 N–H and O–H groups in total. The highest BCUT2D eigenvalue weighted by Crippen LogP contribution is 2.09. The molecular weight excluding hydrogens is 166 g/mol. The molecule has 0 unspecified atom stereocenters. The second kappa shape index (κ2) is 5.19. The highest BCUT2D eigenvalue weighted by Gasteiger charge is 1.97. The Labute approximate surface area is 77.9 Å². The number of benzene rings is 1. The highest BCUT2D eigenvalue weighted by atomic mass is 16.5. The van der Waals surface area contributed by atoms with E-state index in [1.54, 1.807) is 0 Å². The SMILES string of the molecule is CN(CCOC=O)c1ccccc1. The molecule has 0 spiro atoms. The van der Waals surface area contributed by atoms with Crippen molar-refractivity contribution in [3.63, 3.8) is 0 Å². The first-order valence-electron chi connectivity index (χ1n) is 4.16. The molecule has 1 aromatic rings. The summed E-state index contributed by atoms with van der Waals surface area (Å²) in [5, 5.41) is 0. The van der Waals surface area contributed by atoms with Crippen LogP contribution in [0.4, 0.5) is 5.69 Å². The van der Waals surface area contributed by atoms with Gasteiger partial charge in [0.05, 0.1) is 6.54 Å². The van der Waals surface area contributed by atoms with Crippen LogP contribution in [0.5, 0.6) is 0 Å². The Bertz CT molecular complexity index is 248. The molecule has 0 radical (unpaired) electrons. The molecule has 0 aromatic heterocycles. The fraction of sp³-hybridized carbons (Fsp3) is 0.300. The van der Waals surface area contributed by atoms with E-state index in [0.29, 0.717) is 19.6 Å². The summed E-state index contributed by atoms with van der Waals surface area (Å²) in [5.74, 6) is 0. The molecule has 1 aromatic carbocycles. The van der Waals surface area contributed by atoms with E-state index in [9.17, 15) is 4.79 Å². The number of nitrogens with zero attached hydrogens (tertiary/aromatic N) is 1. The van der Waals surface area contributed by atoms with E-state index in [0.717, 1.165) is 5.69 Å². The number of ether oxygens (including phenoxy) is 1. The normalized spacial score (nSPS) is 9.31. The Morgan fingerprint density at radius 3 is 2.69 bits per heavy atom. The summed E-state index contributed by atoms with van der Waals surface area (Å²) in [7, 11) is 1.96. The van der Waals surface area contributed by atoms with Gasteiger partial charge in [-0.3, -0.25) is 4.79 Å². The summed E-state index contributed by atoms with van der Waals surface area (Å²) < 4.78 is 4.60. The number of para-hydroxylation sites is 1. The Morgan fingerprint density at radius 2 is 2.08 bits per heavy atom. The number of anilines is 1. The minimum atomic E-state index is 0.425. The van der Waals surface area contributed by atoms with Crippen LogP contribution in [0.15, 0.2) is 30.3 Å². The van der Waals surface area contributed by atoms with Crippen LogP contribution < -0.4 is 4.90 Å². The van der Waals surface area contributed by atoms with Crippen LogP contribution in [-0.4, -0.2) is 26.7 Å². The van der Waals surface area contributed by atoms with Crippen LogP contribution in [0.3, 0.4) is 0 Å². The number of carbonyl (C=O) groups excluding carboxylic acids is 1. The lowest BCUT2D eigenvalue weighted by Crippen LogP contribution is -2.22. The number of hydrogen-bond donors (Lipinski definition) is 0. The van der Waals surface area contributed by atoms with Gasteiger partial charge in [-0.2, -0.15) is 0 Å². The Balaban J connectivity index is 2.39. The molecule has 3 nitrogen and oxygen atoms in total. The maximum atomic E-state index is 9.88. The maximum absolute atomic E-state index is 9.88. The van der Waals surface area contributed by atoms with Crippen LogP contribution in [0.25, 0.3) is 0 Å². The third kappa shape index (κ3) is 3.15. The van der Waals surface area contributed by atoms with Gasteiger partial charge in [-0.05, 0) is 12.1 Å². The van der Waals surface area contributed by atoms with E-state index < -0.39 is 0 Å². The van der Waals surface area contributed by atoms with Crippen LogP contribution in [0.1, 0.15) is 0 Å².